The van der Waals surface area contributed by atoms with E-state index in [1.165, 1.54) is 18.3 Å². The summed E-state index contributed by atoms with van der Waals surface area (Å²) in [6.07, 6.45) is 1.44. The number of esters is 1. The number of hydrogen-bond donors (Lipinski definition) is 0. The molecule has 1 aliphatic rings. The minimum atomic E-state index is -0.549. The maximum Gasteiger partial charge on any atom is 0.341 e. The number of ether oxygens (including phenoxy) is 2. The molecule has 3 rings (SSSR count). The molecule has 1 aromatic carbocycles. The van der Waals surface area contributed by atoms with Gasteiger partial charge in [-0.05, 0) is 32.9 Å². The van der Waals surface area contributed by atoms with Crippen LogP contribution in [0.2, 0.25) is 5.02 Å². The van der Waals surface area contributed by atoms with Crippen LogP contribution in [-0.4, -0.2) is 42.9 Å². The molecule has 5 nitrogen and oxygen atoms in total. The number of carbonyl (C=O) groups is 1. The summed E-state index contributed by atoms with van der Waals surface area (Å²) >= 11 is 5.88. The molecule has 0 aliphatic carbocycles. The average molecular weight is 367 g/mol. The van der Waals surface area contributed by atoms with Crippen molar-refractivity contribution < 1.29 is 18.7 Å². The zero-order valence-corrected chi connectivity index (χ0v) is 15.1. The van der Waals surface area contributed by atoms with Gasteiger partial charge in [0.15, 0.2) is 0 Å². The fourth-order valence-electron chi connectivity index (χ4n) is 3.23. The fraction of sp³-hybridized carbons (Fsp3) is 0.444. The van der Waals surface area contributed by atoms with Gasteiger partial charge in [0.05, 0.1) is 35.0 Å². The highest BCUT2D eigenvalue weighted by Crippen LogP contribution is 2.34. The Morgan fingerprint density at radius 1 is 1.40 bits per heavy atom. The summed E-state index contributed by atoms with van der Waals surface area (Å²) in [4.78, 5) is 18.7. The number of nitrogens with zero attached hydrogens (tertiary/aromatic N) is 2. The van der Waals surface area contributed by atoms with Crippen molar-refractivity contribution in [2.45, 2.75) is 33.0 Å². The van der Waals surface area contributed by atoms with Gasteiger partial charge >= 0.3 is 5.97 Å². The molecule has 134 valence electrons. The van der Waals surface area contributed by atoms with Crippen LogP contribution < -0.4 is 4.90 Å². The predicted octanol–water partition coefficient (Wildman–Crippen LogP) is 3.82. The highest BCUT2D eigenvalue weighted by atomic mass is 35.5. The summed E-state index contributed by atoms with van der Waals surface area (Å²) in [5.74, 6) is -1.03. The van der Waals surface area contributed by atoms with Crippen molar-refractivity contribution in [1.29, 1.82) is 0 Å². The standard InChI is InChI=1S/C18H20ClFN2O3/c1-4-24-18(23)13-7-21-16-6-14(19)15(20)5-12(16)17(13)22-8-10(2)25-11(3)9-22/h5-7,10-11H,4,8-9H2,1-3H3/t10-,11-/m0/s1. The zero-order chi connectivity index (χ0) is 18.1. The first-order valence-electron chi connectivity index (χ1n) is 8.26. The monoisotopic (exact) mass is 366 g/mol. The molecule has 0 bridgehead atoms. The molecule has 0 unspecified atom stereocenters. The average Bonchev–Trinajstić information content (AvgIpc) is 2.54. The lowest BCUT2D eigenvalue weighted by Gasteiger charge is -2.38. The smallest absolute Gasteiger partial charge is 0.341 e. The van der Waals surface area contributed by atoms with Crippen molar-refractivity contribution in [3.05, 3.63) is 34.7 Å². The third-order valence-corrected chi connectivity index (χ3v) is 4.40. The number of hydrogen-bond acceptors (Lipinski definition) is 5. The van der Waals surface area contributed by atoms with Gasteiger partial charge in [0.25, 0.3) is 0 Å². The molecular weight excluding hydrogens is 347 g/mol. The molecule has 0 spiro atoms. The molecule has 1 aliphatic heterocycles. The van der Waals surface area contributed by atoms with Crippen molar-refractivity contribution in [3.63, 3.8) is 0 Å². The third-order valence-electron chi connectivity index (χ3n) is 4.11. The number of fused-ring (bicyclic) bond motifs is 1. The lowest BCUT2D eigenvalue weighted by Crippen LogP contribution is -2.46. The molecule has 2 aromatic rings. The van der Waals surface area contributed by atoms with Crippen LogP contribution in [0, 0.1) is 5.82 Å². The largest absolute Gasteiger partial charge is 0.462 e. The summed E-state index contributed by atoms with van der Waals surface area (Å²) in [5, 5.41) is 0.535. The molecule has 25 heavy (non-hydrogen) atoms. The summed E-state index contributed by atoms with van der Waals surface area (Å²) in [6.45, 7) is 7.09. The highest BCUT2D eigenvalue weighted by molar-refractivity contribution is 6.31. The van der Waals surface area contributed by atoms with E-state index in [0.717, 1.165) is 0 Å². The molecule has 2 heterocycles. The number of aromatic nitrogens is 1. The topological polar surface area (TPSA) is 51.7 Å². The Morgan fingerprint density at radius 3 is 2.72 bits per heavy atom. The molecule has 1 fully saturated rings. The van der Waals surface area contributed by atoms with Gasteiger partial charge in [0.1, 0.15) is 11.4 Å². The first-order chi connectivity index (χ1) is 11.9. The lowest BCUT2D eigenvalue weighted by molar-refractivity contribution is -0.00527. The van der Waals surface area contributed by atoms with E-state index in [1.807, 2.05) is 18.7 Å². The quantitative estimate of drug-likeness (QED) is 0.773. The van der Waals surface area contributed by atoms with Crippen molar-refractivity contribution in [2.24, 2.45) is 0 Å². The Hall–Kier alpha value is -1.92. The summed E-state index contributed by atoms with van der Waals surface area (Å²) in [5.41, 5.74) is 1.46. The van der Waals surface area contributed by atoms with Crippen LogP contribution in [0.15, 0.2) is 18.3 Å². The first-order valence-corrected chi connectivity index (χ1v) is 8.63. The van der Waals surface area contributed by atoms with E-state index in [4.69, 9.17) is 21.1 Å². The molecule has 1 aromatic heterocycles. The minimum Gasteiger partial charge on any atom is -0.462 e. The van der Waals surface area contributed by atoms with E-state index >= 15 is 0 Å². The lowest BCUT2D eigenvalue weighted by atomic mass is 10.1. The number of halogens is 2. The van der Waals surface area contributed by atoms with Crippen LogP contribution in [0.25, 0.3) is 10.9 Å². The summed E-state index contributed by atoms with van der Waals surface area (Å²) < 4.78 is 25.0. The van der Waals surface area contributed by atoms with Crippen molar-refractivity contribution in [3.8, 4) is 0 Å². The number of carbonyl (C=O) groups excluding carboxylic acids is 1. The van der Waals surface area contributed by atoms with Gasteiger partial charge in [-0.3, -0.25) is 4.98 Å². The SMILES string of the molecule is CCOC(=O)c1cnc2cc(Cl)c(F)cc2c1N1C[C@H](C)O[C@@H](C)C1. The Morgan fingerprint density at radius 2 is 2.08 bits per heavy atom. The van der Waals surface area contributed by atoms with E-state index in [9.17, 15) is 9.18 Å². The molecule has 2 atom stereocenters. The Balaban J connectivity index is 2.21. The molecule has 0 N–H and O–H groups in total. The number of benzene rings is 1. The third kappa shape index (κ3) is 3.55. The Bertz CT molecular complexity index is 804. The predicted molar refractivity (Wildman–Crippen MR) is 94.9 cm³/mol. The van der Waals surface area contributed by atoms with Crippen LogP contribution in [0.3, 0.4) is 0 Å². The van der Waals surface area contributed by atoms with Crippen molar-refractivity contribution in [1.82, 2.24) is 4.98 Å². The maximum absolute atomic E-state index is 14.1. The van der Waals surface area contributed by atoms with E-state index in [-0.39, 0.29) is 23.8 Å². The van der Waals surface area contributed by atoms with Gasteiger partial charge in [0, 0.05) is 24.7 Å². The summed E-state index contributed by atoms with van der Waals surface area (Å²) in [6, 6.07) is 2.80. The van der Waals surface area contributed by atoms with E-state index in [2.05, 4.69) is 4.98 Å². The molecule has 0 radical (unpaired) electrons. The summed E-state index contributed by atoms with van der Waals surface area (Å²) in [7, 11) is 0. The number of rotatable bonds is 3. The van der Waals surface area contributed by atoms with E-state index in [0.29, 0.717) is 35.2 Å². The van der Waals surface area contributed by atoms with Gasteiger partial charge < -0.3 is 14.4 Å². The zero-order valence-electron chi connectivity index (χ0n) is 14.4. The molecule has 0 amide bonds. The van der Waals surface area contributed by atoms with Gasteiger partial charge in [-0.1, -0.05) is 11.6 Å². The normalized spacial score (nSPS) is 20.8. The Labute approximate surface area is 150 Å². The number of morpholine rings is 1. The number of pyridine rings is 1. The first kappa shape index (κ1) is 17.9. The highest BCUT2D eigenvalue weighted by Gasteiger charge is 2.28. The molecular formula is C18H20ClFN2O3. The van der Waals surface area contributed by atoms with Gasteiger partial charge in [-0.25, -0.2) is 9.18 Å². The molecule has 7 heteroatoms. The van der Waals surface area contributed by atoms with Crippen LogP contribution in [0.1, 0.15) is 31.1 Å². The second kappa shape index (κ2) is 7.14. The maximum atomic E-state index is 14.1. The van der Waals surface area contributed by atoms with Crippen LogP contribution in [-0.2, 0) is 9.47 Å². The number of anilines is 1. The molecule has 1 saturated heterocycles. The van der Waals surface area contributed by atoms with Gasteiger partial charge in [-0.2, -0.15) is 0 Å². The van der Waals surface area contributed by atoms with E-state index in [1.54, 1.807) is 6.92 Å². The van der Waals surface area contributed by atoms with Crippen LogP contribution in [0.5, 0.6) is 0 Å². The van der Waals surface area contributed by atoms with Gasteiger partial charge in [0.2, 0.25) is 0 Å². The van der Waals surface area contributed by atoms with Crippen molar-refractivity contribution >= 4 is 34.2 Å². The minimum absolute atomic E-state index is 0.00134. The second-order valence-electron chi connectivity index (χ2n) is 6.19. The van der Waals surface area contributed by atoms with E-state index < -0.39 is 11.8 Å². The second-order valence-corrected chi connectivity index (χ2v) is 6.59. The van der Waals surface area contributed by atoms with Crippen molar-refractivity contribution in [2.75, 3.05) is 24.6 Å². The Kier molecular flexibility index (Phi) is 5.11. The molecule has 0 saturated carbocycles. The van der Waals surface area contributed by atoms with Crippen LogP contribution >= 0.6 is 11.6 Å². The van der Waals surface area contributed by atoms with Gasteiger partial charge in [-0.15, -0.1) is 0 Å². The fourth-order valence-corrected chi connectivity index (χ4v) is 3.39. The van der Waals surface area contributed by atoms with Crippen LogP contribution in [0.4, 0.5) is 10.1 Å².